The van der Waals surface area contributed by atoms with E-state index in [-0.39, 0.29) is 6.10 Å². The minimum atomic E-state index is 0.112. The fraction of sp³-hybridized carbons (Fsp3) is 0.364. The maximum Gasteiger partial charge on any atom is 0.241 e. The second-order valence-electron chi connectivity index (χ2n) is 7.14. The van der Waals surface area contributed by atoms with Gasteiger partial charge in [0.15, 0.2) is 11.5 Å². The topological polar surface area (TPSA) is 79.1 Å². The van der Waals surface area contributed by atoms with Gasteiger partial charge in [-0.3, -0.25) is 4.90 Å². The van der Waals surface area contributed by atoms with Gasteiger partial charge in [0.05, 0.1) is 33.4 Å². The summed E-state index contributed by atoms with van der Waals surface area (Å²) in [4.78, 5) is 6.65. The maximum absolute atomic E-state index is 6.02. The highest BCUT2D eigenvalue weighted by atomic mass is 16.5. The molecule has 3 aromatic rings. The SMILES string of the molecule is COc1ccc(-c2noc(CN(C)C[C@@H]3Cc4ccccc4O3)n2)c(OC)c1OC. The number of rotatable bonds is 8. The van der Waals surface area contributed by atoms with E-state index in [4.69, 9.17) is 23.5 Å². The monoisotopic (exact) mass is 411 g/mol. The van der Waals surface area contributed by atoms with Gasteiger partial charge in [-0.2, -0.15) is 4.98 Å². The standard InChI is InChI=1S/C22H25N3O5/c1-25(12-15-11-14-7-5-6-8-17(14)29-15)13-19-23-22(24-30-19)16-9-10-18(26-2)21(28-4)20(16)27-3/h5-10,15H,11-13H2,1-4H3/t15-/m0/s1. The van der Waals surface area contributed by atoms with Gasteiger partial charge in [0.25, 0.3) is 0 Å². The van der Waals surface area contributed by atoms with Gasteiger partial charge in [-0.05, 0) is 30.8 Å². The Morgan fingerprint density at radius 3 is 2.57 bits per heavy atom. The zero-order chi connectivity index (χ0) is 21.1. The Kier molecular flexibility index (Phi) is 5.76. The molecule has 1 aliphatic heterocycles. The van der Waals surface area contributed by atoms with Crippen molar-refractivity contribution in [1.82, 2.24) is 15.0 Å². The lowest BCUT2D eigenvalue weighted by molar-refractivity contribution is 0.155. The largest absolute Gasteiger partial charge is 0.493 e. The van der Waals surface area contributed by atoms with Gasteiger partial charge in [0.1, 0.15) is 11.9 Å². The molecule has 0 amide bonds. The second kappa shape index (κ2) is 8.62. The third kappa shape index (κ3) is 3.91. The van der Waals surface area contributed by atoms with Crippen LogP contribution >= 0.6 is 0 Å². The van der Waals surface area contributed by atoms with Crippen LogP contribution in [0.4, 0.5) is 0 Å². The molecule has 1 atom stereocenters. The zero-order valence-electron chi connectivity index (χ0n) is 17.5. The van der Waals surface area contributed by atoms with Crippen LogP contribution in [0.25, 0.3) is 11.4 Å². The minimum Gasteiger partial charge on any atom is -0.493 e. The summed E-state index contributed by atoms with van der Waals surface area (Å²) < 4.78 is 27.8. The Morgan fingerprint density at radius 2 is 1.83 bits per heavy atom. The third-order valence-electron chi connectivity index (χ3n) is 5.05. The summed E-state index contributed by atoms with van der Waals surface area (Å²) in [6.07, 6.45) is 1.01. The molecule has 8 nitrogen and oxygen atoms in total. The molecule has 2 aromatic carbocycles. The Labute approximate surface area is 175 Å². The molecular formula is C22H25N3O5. The van der Waals surface area contributed by atoms with Crippen molar-refractivity contribution in [2.75, 3.05) is 34.9 Å². The van der Waals surface area contributed by atoms with Gasteiger partial charge in [0.2, 0.25) is 17.5 Å². The Hall–Kier alpha value is -3.26. The number of hydrogen-bond donors (Lipinski definition) is 0. The van der Waals surface area contributed by atoms with Crippen molar-refractivity contribution < 1.29 is 23.5 Å². The predicted molar refractivity (Wildman–Crippen MR) is 110 cm³/mol. The number of nitrogens with zero attached hydrogens (tertiary/aromatic N) is 3. The lowest BCUT2D eigenvalue weighted by Crippen LogP contribution is -2.31. The van der Waals surface area contributed by atoms with Crippen LogP contribution < -0.4 is 18.9 Å². The van der Waals surface area contributed by atoms with Crippen LogP contribution in [0.15, 0.2) is 40.9 Å². The van der Waals surface area contributed by atoms with Crippen molar-refractivity contribution in [2.24, 2.45) is 0 Å². The summed E-state index contributed by atoms with van der Waals surface area (Å²) >= 11 is 0. The summed E-state index contributed by atoms with van der Waals surface area (Å²) in [6.45, 7) is 1.27. The number of benzene rings is 2. The molecule has 0 N–H and O–H groups in total. The van der Waals surface area contributed by atoms with Crippen LogP contribution in [-0.2, 0) is 13.0 Å². The van der Waals surface area contributed by atoms with Crippen molar-refractivity contribution >= 4 is 0 Å². The van der Waals surface area contributed by atoms with E-state index in [1.807, 2.05) is 31.3 Å². The summed E-state index contributed by atoms with van der Waals surface area (Å²) in [5.74, 6) is 3.46. The molecule has 2 heterocycles. The first-order valence-electron chi connectivity index (χ1n) is 9.68. The predicted octanol–water partition coefficient (Wildman–Crippen LogP) is 3.20. The lowest BCUT2D eigenvalue weighted by Gasteiger charge is -2.18. The molecule has 1 aromatic heterocycles. The molecule has 0 fully saturated rings. The van der Waals surface area contributed by atoms with Crippen LogP contribution in [-0.4, -0.2) is 56.1 Å². The molecule has 0 spiro atoms. The zero-order valence-corrected chi connectivity index (χ0v) is 17.5. The minimum absolute atomic E-state index is 0.112. The quantitative estimate of drug-likeness (QED) is 0.559. The number of likely N-dealkylation sites (N-methyl/N-ethyl adjacent to an activating group) is 1. The first-order chi connectivity index (χ1) is 14.6. The molecule has 0 saturated heterocycles. The van der Waals surface area contributed by atoms with E-state index in [0.717, 1.165) is 18.7 Å². The number of para-hydroxylation sites is 1. The molecule has 4 rings (SSSR count). The highest BCUT2D eigenvalue weighted by molar-refractivity contribution is 5.72. The van der Waals surface area contributed by atoms with Crippen LogP contribution in [0.1, 0.15) is 11.5 Å². The first kappa shape index (κ1) is 20.0. The molecular weight excluding hydrogens is 386 g/mol. The van der Waals surface area contributed by atoms with Crippen LogP contribution in [0.2, 0.25) is 0 Å². The van der Waals surface area contributed by atoms with E-state index in [9.17, 15) is 0 Å². The van der Waals surface area contributed by atoms with Crippen molar-refractivity contribution in [1.29, 1.82) is 0 Å². The molecule has 0 unspecified atom stereocenters. The normalized spacial score (nSPS) is 15.0. The van der Waals surface area contributed by atoms with Crippen LogP contribution in [0, 0.1) is 0 Å². The highest BCUT2D eigenvalue weighted by Crippen LogP contribution is 2.43. The van der Waals surface area contributed by atoms with E-state index in [0.29, 0.717) is 41.1 Å². The van der Waals surface area contributed by atoms with E-state index < -0.39 is 0 Å². The van der Waals surface area contributed by atoms with Gasteiger partial charge >= 0.3 is 0 Å². The summed E-state index contributed by atoms with van der Waals surface area (Å²) in [7, 11) is 6.71. The van der Waals surface area contributed by atoms with Gasteiger partial charge in [-0.25, -0.2) is 0 Å². The summed E-state index contributed by atoms with van der Waals surface area (Å²) in [5, 5.41) is 4.12. The van der Waals surface area contributed by atoms with Gasteiger partial charge in [-0.1, -0.05) is 23.4 Å². The molecule has 0 bridgehead atoms. The Morgan fingerprint density at radius 1 is 1.03 bits per heavy atom. The Bertz CT molecular complexity index is 995. The van der Waals surface area contributed by atoms with Gasteiger partial charge < -0.3 is 23.5 Å². The van der Waals surface area contributed by atoms with Crippen LogP contribution in [0.3, 0.4) is 0 Å². The third-order valence-corrected chi connectivity index (χ3v) is 5.05. The average molecular weight is 411 g/mol. The Balaban J connectivity index is 1.45. The van der Waals surface area contributed by atoms with E-state index in [1.165, 1.54) is 5.56 Å². The average Bonchev–Trinajstić information content (AvgIpc) is 3.38. The fourth-order valence-electron chi connectivity index (χ4n) is 3.70. The van der Waals surface area contributed by atoms with Crippen molar-refractivity contribution in [3.63, 3.8) is 0 Å². The lowest BCUT2D eigenvalue weighted by atomic mass is 10.1. The van der Waals surface area contributed by atoms with Crippen molar-refractivity contribution in [3.8, 4) is 34.4 Å². The second-order valence-corrected chi connectivity index (χ2v) is 7.14. The molecule has 30 heavy (non-hydrogen) atoms. The van der Waals surface area contributed by atoms with E-state index >= 15 is 0 Å². The highest BCUT2D eigenvalue weighted by Gasteiger charge is 2.25. The van der Waals surface area contributed by atoms with Gasteiger partial charge in [0, 0.05) is 13.0 Å². The number of methoxy groups -OCH3 is 3. The van der Waals surface area contributed by atoms with Crippen molar-refractivity contribution in [3.05, 3.63) is 47.9 Å². The molecule has 8 heteroatoms. The fourth-order valence-corrected chi connectivity index (χ4v) is 3.70. The van der Waals surface area contributed by atoms with Crippen LogP contribution in [0.5, 0.6) is 23.0 Å². The van der Waals surface area contributed by atoms with E-state index in [1.54, 1.807) is 27.4 Å². The summed E-state index contributed by atoms with van der Waals surface area (Å²) in [5.41, 5.74) is 1.92. The summed E-state index contributed by atoms with van der Waals surface area (Å²) in [6, 6.07) is 11.8. The van der Waals surface area contributed by atoms with Gasteiger partial charge in [-0.15, -0.1) is 0 Å². The van der Waals surface area contributed by atoms with Crippen molar-refractivity contribution in [2.45, 2.75) is 19.1 Å². The van der Waals surface area contributed by atoms with E-state index in [2.05, 4.69) is 21.1 Å². The molecule has 0 radical (unpaired) electrons. The smallest absolute Gasteiger partial charge is 0.241 e. The molecule has 0 aliphatic carbocycles. The molecule has 1 aliphatic rings. The number of ether oxygens (including phenoxy) is 4. The maximum atomic E-state index is 6.02. The molecule has 158 valence electrons. The number of hydrogen-bond acceptors (Lipinski definition) is 8. The number of aromatic nitrogens is 2. The number of fused-ring (bicyclic) bond motifs is 1. The first-order valence-corrected chi connectivity index (χ1v) is 9.68. The molecule has 0 saturated carbocycles.